The number of nitrogens with zero attached hydrogens (tertiary/aromatic N) is 2. The number of amides is 6. The number of carbonyl (C=O) groups is 8. The average molecular weight is 1540 g/mol. The van der Waals surface area contributed by atoms with E-state index in [-0.39, 0.29) is 57.6 Å². The molecule has 8 bridgehead atoms. The molecule has 0 saturated carbocycles. The predicted octanol–water partition coefficient (Wildman–Crippen LogP) is 8.92. The highest BCUT2D eigenvalue weighted by atomic mass is 35.5. The van der Waals surface area contributed by atoms with Gasteiger partial charge in [0.15, 0.2) is 5.96 Å². The minimum Gasteiger partial charge on any atom is -0.496 e. The standard InChI is InChI=1S/C42H51N6O7P.C40H45ClN6O7/c1-25(49)45-34-24-29-23-27-15-8-11-18-31(27)36(38(29)54-3)35-30-17-10-7-14-26(30)22-28(37(35)53-2)16-9-12-19-33(41(52)55-4)47-39(50)32(46-40(34)51)20-13-21-44-42(43)48-56(5)6;1-23(48)44-32-22-27-21-25-13-6-9-16-29(25)34(36(27)53-3)33-28-15-8-5-12-24(28)20-26(35(33)52-2)14-7-10-17-31(39(51)54-4)46-37(49)30(45-38(32)50)18-11-19-43-40(42)47-41/h7-12,14-15,17-18,22-23,32-34H,13,16,19-21,24H2,1-6H3,(H,45,49)(H,46,51)(H,47,50)(H3,43,44,48);5-10,12-13,15-16,20-21,30-32H,11,14,17-19,22H2,1-4H3,(H,44,48)(H,45,50)(H,46,49)(H3,42,43,47)/t32-,33-,34?;30-,31-,32?/m00/s1. The lowest BCUT2D eigenvalue weighted by Gasteiger charge is -2.26. The van der Waals surface area contributed by atoms with E-state index >= 15 is 0 Å². The first-order chi connectivity index (χ1) is 53.0. The Morgan fingerprint density at radius 1 is 0.473 bits per heavy atom. The summed E-state index contributed by atoms with van der Waals surface area (Å²) >= 11 is 5.52. The quantitative estimate of drug-likeness (QED) is 0.00773. The molecule has 10 rings (SSSR count). The number of allylic oxidation sites excluding steroid dienone is 2. The molecule has 8 aromatic rings. The van der Waals surface area contributed by atoms with E-state index < -0.39 is 91.7 Å². The SMILES string of the molecule is COC(=O)[C@@H]1CC=CCc2cc3ccccc3c(c2OC)-c2c(OC)c(cc3ccccc23)CC(NC(C)=O)C(=O)N[C@@H](CCCN=C(N)NCl)C(=O)N1.COC(=O)[C@@H]1CC=CCc2cc3ccccc3c(c2OC)-c2c(OC)c(cc3ccccc23)CC(NC(C)=O)C(=O)N[C@@H](CCCN=C(N)NP(C)C)C(=O)N1. The number of guanidine groups is 2. The fourth-order valence-electron chi connectivity index (χ4n) is 13.9. The first kappa shape index (κ1) is 82.6. The molecule has 28 heteroatoms. The Labute approximate surface area is 645 Å². The molecule has 2 unspecified atom stereocenters. The molecule has 8 aromatic carbocycles. The largest absolute Gasteiger partial charge is 0.496 e. The van der Waals surface area contributed by atoms with Gasteiger partial charge in [-0.1, -0.05) is 121 Å². The van der Waals surface area contributed by atoms with Gasteiger partial charge in [-0.2, -0.15) is 0 Å². The fourth-order valence-corrected chi connectivity index (χ4v) is 14.5. The van der Waals surface area contributed by atoms with E-state index in [4.69, 9.17) is 51.7 Å². The molecule has 2 aliphatic heterocycles. The normalized spacial score (nSPS) is 18.1. The zero-order valence-electron chi connectivity index (χ0n) is 63.4. The number of hydrogen-bond donors (Lipinski definition) is 10. The number of halogens is 1. The smallest absolute Gasteiger partial charge is 0.328 e. The number of aliphatic imine (C=N–C) groups is 2. The molecule has 0 radical (unpaired) electrons. The van der Waals surface area contributed by atoms with Crippen LogP contribution in [0.15, 0.2) is 156 Å². The lowest BCUT2D eigenvalue weighted by molar-refractivity contribution is -0.145. The molecule has 2 aliphatic rings. The van der Waals surface area contributed by atoms with E-state index in [2.05, 4.69) is 63.9 Å². The second kappa shape index (κ2) is 39.6. The number of fused-ring (bicyclic) bond motifs is 18. The number of benzene rings is 8. The second-order valence-electron chi connectivity index (χ2n) is 26.6. The Balaban J connectivity index is 0.000000253. The first-order valence-corrected chi connectivity index (χ1v) is 38.6. The van der Waals surface area contributed by atoms with Gasteiger partial charge in [-0.15, -0.1) is 0 Å². The molecule has 0 fully saturated rings. The molecule has 2 heterocycles. The summed E-state index contributed by atoms with van der Waals surface area (Å²) in [4.78, 5) is 118. The Morgan fingerprint density at radius 3 is 1.12 bits per heavy atom. The van der Waals surface area contributed by atoms with Crippen molar-refractivity contribution in [3.8, 4) is 45.3 Å². The molecule has 0 saturated heterocycles. The summed E-state index contributed by atoms with van der Waals surface area (Å²) in [7, 11) is 8.39. The van der Waals surface area contributed by atoms with Crippen LogP contribution < -0.4 is 72.2 Å². The molecule has 0 aliphatic carbocycles. The Kier molecular flexibility index (Phi) is 29.7. The highest BCUT2D eigenvalue weighted by Gasteiger charge is 2.35. The number of rotatable bonds is 17. The Morgan fingerprint density at radius 2 is 0.800 bits per heavy atom. The summed E-state index contributed by atoms with van der Waals surface area (Å²) < 4.78 is 35.0. The third-order valence-electron chi connectivity index (χ3n) is 18.8. The van der Waals surface area contributed by atoms with Crippen LogP contribution in [0.3, 0.4) is 0 Å². The average Bonchev–Trinajstić information content (AvgIpc) is 0.743. The van der Waals surface area contributed by atoms with Crippen molar-refractivity contribution >= 4 is 122 Å². The highest BCUT2D eigenvalue weighted by Crippen LogP contribution is 2.51. The van der Waals surface area contributed by atoms with Crippen molar-refractivity contribution in [3.05, 3.63) is 168 Å². The molecule has 6 amide bonds. The fraction of sp³-hybridized carbons (Fsp3) is 0.341. The molecule has 0 aromatic heterocycles. The van der Waals surface area contributed by atoms with E-state index in [1.54, 1.807) is 34.5 Å². The number of nitrogens with one attached hydrogen (secondary N) is 8. The molecule has 12 N–H and O–H groups in total. The van der Waals surface area contributed by atoms with E-state index in [1.165, 1.54) is 28.1 Å². The lowest BCUT2D eigenvalue weighted by Crippen LogP contribution is -2.56. The van der Waals surface area contributed by atoms with Gasteiger partial charge in [0, 0.05) is 73.8 Å². The van der Waals surface area contributed by atoms with E-state index in [0.717, 1.165) is 76.5 Å². The molecule has 110 heavy (non-hydrogen) atoms. The van der Waals surface area contributed by atoms with Crippen LogP contribution in [-0.2, 0) is 73.5 Å². The van der Waals surface area contributed by atoms with Crippen LogP contribution in [0.2, 0.25) is 0 Å². The third-order valence-corrected chi connectivity index (χ3v) is 19.7. The summed E-state index contributed by atoms with van der Waals surface area (Å²) in [6.45, 7) is 7.13. The van der Waals surface area contributed by atoms with Crippen molar-refractivity contribution < 1.29 is 66.8 Å². The summed E-state index contributed by atoms with van der Waals surface area (Å²) in [5.41, 5.74) is 17.9. The molecular formula is C82H96ClN12O14P. The maximum atomic E-state index is 14.3. The maximum absolute atomic E-state index is 14.3. The van der Waals surface area contributed by atoms with E-state index in [0.29, 0.717) is 65.8 Å². The van der Waals surface area contributed by atoms with Crippen molar-refractivity contribution in [2.45, 2.75) is 114 Å². The van der Waals surface area contributed by atoms with Crippen molar-refractivity contribution in [3.63, 3.8) is 0 Å². The van der Waals surface area contributed by atoms with Gasteiger partial charge >= 0.3 is 11.9 Å². The summed E-state index contributed by atoms with van der Waals surface area (Å²) in [5.74, 6) is -2.00. The minimum absolute atomic E-state index is 0.00129. The van der Waals surface area contributed by atoms with E-state index in [1.807, 2.05) is 141 Å². The van der Waals surface area contributed by atoms with Crippen LogP contribution in [0.4, 0.5) is 0 Å². The van der Waals surface area contributed by atoms with Crippen LogP contribution in [0.1, 0.15) is 74.6 Å². The van der Waals surface area contributed by atoms with Gasteiger partial charge in [0.25, 0.3) is 0 Å². The predicted molar refractivity (Wildman–Crippen MR) is 432 cm³/mol. The Hall–Kier alpha value is -11.5. The van der Waals surface area contributed by atoms with E-state index in [9.17, 15) is 38.4 Å². The van der Waals surface area contributed by atoms with Gasteiger partial charge in [-0.05, 0) is 162 Å². The summed E-state index contributed by atoms with van der Waals surface area (Å²) in [5, 5.41) is 27.3. The van der Waals surface area contributed by atoms with Gasteiger partial charge in [0.1, 0.15) is 59.2 Å². The molecule has 580 valence electrons. The van der Waals surface area contributed by atoms with Gasteiger partial charge in [-0.3, -0.25) is 43.6 Å². The molecule has 26 nitrogen and oxygen atoms in total. The lowest BCUT2D eigenvalue weighted by atomic mass is 9.87. The van der Waals surface area contributed by atoms with Crippen LogP contribution in [-0.4, -0.2) is 165 Å². The highest BCUT2D eigenvalue weighted by molar-refractivity contribution is 7.54. The number of methoxy groups -OCH3 is 6. The van der Waals surface area contributed by atoms with Crippen molar-refractivity contribution in [1.82, 2.24) is 41.8 Å². The summed E-state index contributed by atoms with van der Waals surface area (Å²) in [6, 6.07) is 33.3. The van der Waals surface area contributed by atoms with Crippen molar-refractivity contribution in [2.75, 3.05) is 69.1 Å². The van der Waals surface area contributed by atoms with Crippen molar-refractivity contribution in [2.24, 2.45) is 21.5 Å². The van der Waals surface area contributed by atoms with Crippen LogP contribution >= 0.6 is 19.8 Å². The number of nitrogens with two attached hydrogens (primary N) is 2. The number of hydrogen-bond acceptors (Lipinski definition) is 16. The minimum atomic E-state index is -1.13. The number of ether oxygens (including phenoxy) is 6. The van der Waals surface area contributed by atoms with Crippen molar-refractivity contribution in [1.29, 1.82) is 0 Å². The van der Waals surface area contributed by atoms with Crippen LogP contribution in [0.5, 0.6) is 23.0 Å². The Bertz CT molecular complexity index is 4860. The monoisotopic (exact) mass is 1540 g/mol. The second-order valence-corrected chi connectivity index (χ2v) is 28.8. The summed E-state index contributed by atoms with van der Waals surface area (Å²) in [6.07, 6.45) is 9.61. The van der Waals surface area contributed by atoms with Crippen LogP contribution in [0, 0.1) is 0 Å². The van der Waals surface area contributed by atoms with Gasteiger partial charge < -0.3 is 76.9 Å². The van der Waals surface area contributed by atoms with Gasteiger partial charge in [0.2, 0.25) is 41.4 Å². The molecule has 6 atom stereocenters. The first-order valence-electron chi connectivity index (χ1n) is 36.0. The zero-order valence-corrected chi connectivity index (χ0v) is 65.0. The molecular weight excluding hydrogens is 1440 g/mol. The zero-order chi connectivity index (χ0) is 79.1. The number of esters is 2. The van der Waals surface area contributed by atoms with Gasteiger partial charge in [0.05, 0.1) is 42.7 Å². The number of carbonyl (C=O) groups excluding carboxylic acids is 8. The third kappa shape index (κ3) is 20.6. The topological polar surface area (TPSA) is 365 Å². The maximum Gasteiger partial charge on any atom is 0.328 e. The van der Waals surface area contributed by atoms with Crippen LogP contribution in [0.25, 0.3) is 65.3 Å². The molecule has 0 spiro atoms. The van der Waals surface area contributed by atoms with Gasteiger partial charge in [-0.25, -0.2) is 9.59 Å².